The zero-order valence-corrected chi connectivity index (χ0v) is 14.1. The normalized spacial score (nSPS) is 17.9. The van der Waals surface area contributed by atoms with E-state index in [4.69, 9.17) is 5.73 Å². The van der Waals surface area contributed by atoms with Crippen LogP contribution < -0.4 is 5.73 Å². The second kappa shape index (κ2) is 8.11. The van der Waals surface area contributed by atoms with Gasteiger partial charge in [0, 0.05) is 43.3 Å². The maximum Gasteiger partial charge on any atom is 0.254 e. The number of carbonyl (C=O) groups excluding carboxylic acids is 2. The van der Waals surface area contributed by atoms with Gasteiger partial charge >= 0.3 is 0 Å². The number of amides is 2. The van der Waals surface area contributed by atoms with Crippen LogP contribution in [0.4, 0.5) is 0 Å². The Morgan fingerprint density at radius 3 is 2.30 bits per heavy atom. The number of hydrogen-bond acceptors (Lipinski definition) is 3. The number of piperidine rings is 1. The molecule has 1 atom stereocenters. The van der Waals surface area contributed by atoms with Gasteiger partial charge in [0.1, 0.15) is 0 Å². The molecule has 1 unspecified atom stereocenters. The molecule has 2 N–H and O–H groups in total. The number of nitrogens with two attached hydrogens (primary N) is 1. The first kappa shape index (κ1) is 17.5. The lowest BCUT2D eigenvalue weighted by atomic mass is 10.0. The van der Waals surface area contributed by atoms with E-state index in [1.54, 1.807) is 29.2 Å². The van der Waals surface area contributed by atoms with Gasteiger partial charge in [0.15, 0.2) is 0 Å². The molecule has 2 amide bonds. The molecule has 5 nitrogen and oxygen atoms in total. The van der Waals surface area contributed by atoms with Crippen LogP contribution in [0.2, 0.25) is 0 Å². The van der Waals surface area contributed by atoms with Gasteiger partial charge in [-0.3, -0.25) is 9.59 Å². The predicted molar refractivity (Wildman–Crippen MR) is 91.4 cm³/mol. The van der Waals surface area contributed by atoms with Crippen LogP contribution in [0.5, 0.6) is 0 Å². The van der Waals surface area contributed by atoms with E-state index in [2.05, 4.69) is 0 Å². The van der Waals surface area contributed by atoms with E-state index in [1.807, 2.05) is 18.7 Å². The topological polar surface area (TPSA) is 66.6 Å². The Labute approximate surface area is 138 Å². The van der Waals surface area contributed by atoms with Gasteiger partial charge in [0.25, 0.3) is 11.8 Å². The molecular formula is C18H27N3O2. The molecule has 0 aromatic heterocycles. The van der Waals surface area contributed by atoms with Crippen LogP contribution in [-0.4, -0.2) is 53.8 Å². The summed E-state index contributed by atoms with van der Waals surface area (Å²) in [5.74, 6) is 0.0220. The molecule has 1 aliphatic heterocycles. The quantitative estimate of drug-likeness (QED) is 0.904. The third-order valence-corrected chi connectivity index (χ3v) is 4.59. The van der Waals surface area contributed by atoms with Crippen molar-refractivity contribution in [2.45, 2.75) is 39.2 Å². The van der Waals surface area contributed by atoms with Crippen LogP contribution in [0.1, 0.15) is 53.8 Å². The molecule has 1 aromatic rings. The number of hydrogen-bond donors (Lipinski definition) is 1. The monoisotopic (exact) mass is 317 g/mol. The van der Waals surface area contributed by atoms with E-state index in [1.165, 1.54) is 0 Å². The van der Waals surface area contributed by atoms with Crippen molar-refractivity contribution in [1.29, 1.82) is 0 Å². The molecule has 5 heteroatoms. The van der Waals surface area contributed by atoms with E-state index >= 15 is 0 Å². The molecule has 2 rings (SSSR count). The Hall–Kier alpha value is -1.88. The van der Waals surface area contributed by atoms with Crippen LogP contribution in [0, 0.1) is 0 Å². The summed E-state index contributed by atoms with van der Waals surface area (Å²) in [6, 6.07) is 7.13. The van der Waals surface area contributed by atoms with E-state index in [0.29, 0.717) is 30.8 Å². The molecule has 0 bridgehead atoms. The molecule has 0 saturated carbocycles. The van der Waals surface area contributed by atoms with Gasteiger partial charge in [0.2, 0.25) is 0 Å². The first-order chi connectivity index (χ1) is 11.1. The number of benzene rings is 1. The summed E-state index contributed by atoms with van der Waals surface area (Å²) in [5, 5.41) is 0. The van der Waals surface area contributed by atoms with Gasteiger partial charge in [-0.15, -0.1) is 0 Å². The fraction of sp³-hybridized carbons (Fsp3) is 0.556. The summed E-state index contributed by atoms with van der Waals surface area (Å²) < 4.78 is 0. The molecule has 0 spiro atoms. The smallest absolute Gasteiger partial charge is 0.254 e. The molecule has 1 fully saturated rings. The minimum absolute atomic E-state index is 0.00630. The van der Waals surface area contributed by atoms with Crippen molar-refractivity contribution in [3.63, 3.8) is 0 Å². The minimum Gasteiger partial charge on any atom is -0.339 e. The molecule has 1 aromatic carbocycles. The first-order valence-electron chi connectivity index (χ1n) is 8.52. The Morgan fingerprint density at radius 2 is 1.74 bits per heavy atom. The fourth-order valence-electron chi connectivity index (χ4n) is 3.13. The van der Waals surface area contributed by atoms with Crippen molar-refractivity contribution in [3.8, 4) is 0 Å². The van der Waals surface area contributed by atoms with Crippen molar-refractivity contribution < 1.29 is 9.59 Å². The summed E-state index contributed by atoms with van der Waals surface area (Å²) in [4.78, 5) is 28.6. The van der Waals surface area contributed by atoms with Crippen LogP contribution in [0.15, 0.2) is 24.3 Å². The van der Waals surface area contributed by atoms with Crippen molar-refractivity contribution >= 4 is 11.8 Å². The maximum atomic E-state index is 12.7. The molecule has 1 heterocycles. The number of carbonyl (C=O) groups is 2. The van der Waals surface area contributed by atoms with Crippen LogP contribution in [0.25, 0.3) is 0 Å². The van der Waals surface area contributed by atoms with E-state index in [-0.39, 0.29) is 17.9 Å². The highest BCUT2D eigenvalue weighted by molar-refractivity contribution is 5.98. The Kier molecular flexibility index (Phi) is 6.16. The Bertz CT molecular complexity index is 538. The standard InChI is InChI=1S/C18H27N3O2/c1-3-20(4-2)17(22)14-8-10-15(11-9-14)18(23)21-12-6-5-7-16(21)13-19/h8-11,16H,3-7,12-13,19H2,1-2H3. The van der Waals surface area contributed by atoms with Crippen molar-refractivity contribution in [2.24, 2.45) is 5.73 Å². The summed E-state index contributed by atoms with van der Waals surface area (Å²) >= 11 is 0. The van der Waals surface area contributed by atoms with Gasteiger partial charge in [-0.05, 0) is 57.4 Å². The minimum atomic E-state index is 0.00630. The number of nitrogens with zero attached hydrogens (tertiary/aromatic N) is 2. The second-order valence-electron chi connectivity index (χ2n) is 5.94. The molecule has 1 aliphatic rings. The highest BCUT2D eigenvalue weighted by Gasteiger charge is 2.26. The van der Waals surface area contributed by atoms with Gasteiger partial charge in [0.05, 0.1) is 0 Å². The number of rotatable bonds is 5. The van der Waals surface area contributed by atoms with Gasteiger partial charge < -0.3 is 15.5 Å². The Balaban J connectivity index is 2.12. The zero-order chi connectivity index (χ0) is 16.8. The maximum absolute atomic E-state index is 12.7. The third-order valence-electron chi connectivity index (χ3n) is 4.59. The van der Waals surface area contributed by atoms with E-state index in [0.717, 1.165) is 25.8 Å². The lowest BCUT2D eigenvalue weighted by Crippen LogP contribution is -2.47. The van der Waals surface area contributed by atoms with Gasteiger partial charge in [-0.25, -0.2) is 0 Å². The molecule has 0 radical (unpaired) electrons. The summed E-state index contributed by atoms with van der Waals surface area (Å²) in [6.07, 6.45) is 3.13. The molecule has 0 aliphatic carbocycles. The summed E-state index contributed by atoms with van der Waals surface area (Å²) in [6.45, 7) is 6.56. The third kappa shape index (κ3) is 3.91. The summed E-state index contributed by atoms with van der Waals surface area (Å²) in [5.41, 5.74) is 7.04. The highest BCUT2D eigenvalue weighted by atomic mass is 16.2. The first-order valence-corrected chi connectivity index (χ1v) is 8.52. The zero-order valence-electron chi connectivity index (χ0n) is 14.1. The van der Waals surface area contributed by atoms with Crippen molar-refractivity contribution in [1.82, 2.24) is 9.80 Å². The Morgan fingerprint density at radius 1 is 1.13 bits per heavy atom. The molecule has 1 saturated heterocycles. The highest BCUT2D eigenvalue weighted by Crippen LogP contribution is 2.19. The molecule has 126 valence electrons. The van der Waals surface area contributed by atoms with E-state index in [9.17, 15) is 9.59 Å². The van der Waals surface area contributed by atoms with Gasteiger partial charge in [-0.1, -0.05) is 0 Å². The SMILES string of the molecule is CCN(CC)C(=O)c1ccc(C(=O)N2CCCCC2CN)cc1. The van der Waals surface area contributed by atoms with Crippen LogP contribution in [0.3, 0.4) is 0 Å². The second-order valence-corrected chi connectivity index (χ2v) is 5.94. The lowest BCUT2D eigenvalue weighted by Gasteiger charge is -2.35. The van der Waals surface area contributed by atoms with Crippen molar-refractivity contribution in [3.05, 3.63) is 35.4 Å². The fourth-order valence-corrected chi connectivity index (χ4v) is 3.13. The summed E-state index contributed by atoms with van der Waals surface area (Å²) in [7, 11) is 0. The average molecular weight is 317 g/mol. The largest absolute Gasteiger partial charge is 0.339 e. The van der Waals surface area contributed by atoms with Crippen LogP contribution >= 0.6 is 0 Å². The van der Waals surface area contributed by atoms with Crippen LogP contribution in [-0.2, 0) is 0 Å². The van der Waals surface area contributed by atoms with E-state index < -0.39 is 0 Å². The lowest BCUT2D eigenvalue weighted by molar-refractivity contribution is 0.0622. The molecule has 23 heavy (non-hydrogen) atoms. The number of likely N-dealkylation sites (tertiary alicyclic amines) is 1. The molecular weight excluding hydrogens is 290 g/mol. The predicted octanol–water partition coefficient (Wildman–Crippen LogP) is 2.12. The van der Waals surface area contributed by atoms with Gasteiger partial charge in [-0.2, -0.15) is 0 Å². The van der Waals surface area contributed by atoms with Crippen molar-refractivity contribution in [2.75, 3.05) is 26.2 Å². The average Bonchev–Trinajstić information content (AvgIpc) is 2.62.